The first-order valence-corrected chi connectivity index (χ1v) is 7.16. The Morgan fingerprint density at radius 1 is 1.11 bits per heavy atom. The number of ether oxygens (including phenoxy) is 1. The van der Waals surface area contributed by atoms with E-state index in [1.54, 1.807) is 7.11 Å². The Labute approximate surface area is 117 Å². The SMILES string of the molecule is COCCCNC(=S)NCCN(C(C)C)C(C)C. The zero-order chi connectivity index (χ0) is 14.0. The summed E-state index contributed by atoms with van der Waals surface area (Å²) < 4.78 is 4.98. The molecule has 0 saturated carbocycles. The molecular formula is C13H29N3OS. The van der Waals surface area contributed by atoms with Crippen LogP contribution in [0.25, 0.3) is 0 Å². The average molecular weight is 275 g/mol. The fraction of sp³-hybridized carbons (Fsp3) is 0.923. The molecule has 0 aliphatic heterocycles. The molecule has 0 rings (SSSR count). The monoisotopic (exact) mass is 275 g/mol. The predicted molar refractivity (Wildman–Crippen MR) is 82.1 cm³/mol. The molecule has 0 spiro atoms. The zero-order valence-corrected chi connectivity index (χ0v) is 13.3. The van der Waals surface area contributed by atoms with Crippen molar-refractivity contribution in [2.24, 2.45) is 0 Å². The Morgan fingerprint density at radius 2 is 1.67 bits per heavy atom. The normalized spacial score (nSPS) is 11.3. The first-order chi connectivity index (χ1) is 8.49. The van der Waals surface area contributed by atoms with Crippen LogP contribution in [0.4, 0.5) is 0 Å². The highest BCUT2D eigenvalue weighted by atomic mass is 32.1. The molecule has 108 valence electrons. The molecule has 0 radical (unpaired) electrons. The van der Waals surface area contributed by atoms with E-state index in [1.807, 2.05) is 0 Å². The van der Waals surface area contributed by atoms with Gasteiger partial charge < -0.3 is 15.4 Å². The molecule has 0 saturated heterocycles. The number of hydrogen-bond donors (Lipinski definition) is 2. The second-order valence-corrected chi connectivity index (χ2v) is 5.36. The molecular weight excluding hydrogens is 246 g/mol. The molecule has 2 N–H and O–H groups in total. The van der Waals surface area contributed by atoms with Crippen molar-refractivity contribution < 1.29 is 4.74 Å². The van der Waals surface area contributed by atoms with Gasteiger partial charge in [-0.2, -0.15) is 0 Å². The van der Waals surface area contributed by atoms with Gasteiger partial charge in [-0.05, 0) is 46.3 Å². The van der Waals surface area contributed by atoms with Gasteiger partial charge in [0.2, 0.25) is 0 Å². The standard InChI is InChI=1S/C13H29N3OS/c1-11(2)16(12(3)4)9-8-15-13(18)14-7-6-10-17-5/h11-12H,6-10H2,1-5H3,(H2,14,15,18). The van der Waals surface area contributed by atoms with Crippen molar-refractivity contribution in [1.29, 1.82) is 0 Å². The lowest BCUT2D eigenvalue weighted by molar-refractivity contribution is 0.178. The van der Waals surface area contributed by atoms with Gasteiger partial charge in [0.1, 0.15) is 0 Å². The molecule has 0 aromatic rings. The maximum absolute atomic E-state index is 5.21. The van der Waals surface area contributed by atoms with Gasteiger partial charge in [0.05, 0.1) is 0 Å². The summed E-state index contributed by atoms with van der Waals surface area (Å²) in [6.45, 7) is 12.4. The summed E-state index contributed by atoms with van der Waals surface area (Å²) in [4.78, 5) is 2.44. The zero-order valence-electron chi connectivity index (χ0n) is 12.5. The van der Waals surface area contributed by atoms with E-state index < -0.39 is 0 Å². The van der Waals surface area contributed by atoms with E-state index >= 15 is 0 Å². The summed E-state index contributed by atoms with van der Waals surface area (Å²) in [5.41, 5.74) is 0. The van der Waals surface area contributed by atoms with Crippen LogP contribution >= 0.6 is 12.2 Å². The lowest BCUT2D eigenvalue weighted by atomic mass is 10.2. The maximum Gasteiger partial charge on any atom is 0.166 e. The fourth-order valence-electron chi connectivity index (χ4n) is 1.89. The van der Waals surface area contributed by atoms with Crippen molar-refractivity contribution in [3.63, 3.8) is 0 Å². The number of nitrogens with one attached hydrogen (secondary N) is 2. The summed E-state index contributed by atoms with van der Waals surface area (Å²) in [7, 11) is 1.71. The first kappa shape index (κ1) is 17.6. The largest absolute Gasteiger partial charge is 0.385 e. The molecule has 0 aliphatic rings. The molecule has 0 fully saturated rings. The smallest absolute Gasteiger partial charge is 0.166 e. The van der Waals surface area contributed by atoms with Crippen LogP contribution in [0.5, 0.6) is 0 Å². The van der Waals surface area contributed by atoms with E-state index in [0.29, 0.717) is 12.1 Å². The summed E-state index contributed by atoms with van der Waals surface area (Å²) >= 11 is 5.21. The number of nitrogens with zero attached hydrogens (tertiary/aromatic N) is 1. The third-order valence-corrected chi connectivity index (χ3v) is 3.08. The van der Waals surface area contributed by atoms with E-state index in [-0.39, 0.29) is 0 Å². The summed E-state index contributed by atoms with van der Waals surface area (Å²) in [6, 6.07) is 1.13. The van der Waals surface area contributed by atoms with Gasteiger partial charge in [0.25, 0.3) is 0 Å². The minimum atomic E-state index is 0.565. The van der Waals surface area contributed by atoms with Crippen LogP contribution in [0.3, 0.4) is 0 Å². The Hall–Kier alpha value is -0.390. The Balaban J connectivity index is 3.66. The highest BCUT2D eigenvalue weighted by Crippen LogP contribution is 2.03. The van der Waals surface area contributed by atoms with Crippen LogP contribution in [0.2, 0.25) is 0 Å². The summed E-state index contributed by atoms with van der Waals surface area (Å²) in [5.74, 6) is 0. The number of hydrogen-bond acceptors (Lipinski definition) is 3. The van der Waals surface area contributed by atoms with E-state index in [4.69, 9.17) is 17.0 Å². The van der Waals surface area contributed by atoms with Crippen LogP contribution in [0.1, 0.15) is 34.1 Å². The predicted octanol–water partition coefficient (Wildman–Crippen LogP) is 1.61. The maximum atomic E-state index is 5.21. The van der Waals surface area contributed by atoms with Gasteiger partial charge in [-0.1, -0.05) is 0 Å². The van der Waals surface area contributed by atoms with Crippen molar-refractivity contribution >= 4 is 17.3 Å². The molecule has 18 heavy (non-hydrogen) atoms. The lowest BCUT2D eigenvalue weighted by Crippen LogP contribution is -2.44. The van der Waals surface area contributed by atoms with Crippen LogP contribution in [-0.2, 0) is 4.74 Å². The minimum absolute atomic E-state index is 0.565. The molecule has 0 aromatic carbocycles. The molecule has 0 atom stereocenters. The topological polar surface area (TPSA) is 36.5 Å². The Kier molecular flexibility index (Phi) is 10.3. The number of methoxy groups -OCH3 is 1. The van der Waals surface area contributed by atoms with Crippen molar-refractivity contribution in [3.05, 3.63) is 0 Å². The third-order valence-electron chi connectivity index (χ3n) is 2.79. The van der Waals surface area contributed by atoms with Crippen LogP contribution in [-0.4, -0.2) is 55.4 Å². The van der Waals surface area contributed by atoms with Crippen molar-refractivity contribution in [3.8, 4) is 0 Å². The van der Waals surface area contributed by atoms with Gasteiger partial charge in [0.15, 0.2) is 5.11 Å². The van der Waals surface area contributed by atoms with E-state index in [2.05, 4.69) is 43.2 Å². The quantitative estimate of drug-likeness (QED) is 0.494. The molecule has 0 amide bonds. The number of rotatable bonds is 9. The van der Waals surface area contributed by atoms with Crippen molar-refractivity contribution in [2.45, 2.75) is 46.2 Å². The highest BCUT2D eigenvalue weighted by Gasteiger charge is 2.12. The van der Waals surface area contributed by atoms with Gasteiger partial charge in [0, 0.05) is 45.4 Å². The van der Waals surface area contributed by atoms with Gasteiger partial charge in [-0.25, -0.2) is 0 Å². The molecule has 0 aromatic heterocycles. The van der Waals surface area contributed by atoms with Crippen molar-refractivity contribution in [2.75, 3.05) is 33.4 Å². The molecule has 0 heterocycles. The fourth-order valence-corrected chi connectivity index (χ4v) is 2.10. The minimum Gasteiger partial charge on any atom is -0.385 e. The molecule has 0 unspecified atom stereocenters. The van der Waals surface area contributed by atoms with Crippen LogP contribution in [0, 0.1) is 0 Å². The Bertz CT molecular complexity index is 214. The summed E-state index contributed by atoms with van der Waals surface area (Å²) in [6.07, 6.45) is 0.975. The van der Waals surface area contributed by atoms with Gasteiger partial charge in [-0.3, -0.25) is 4.90 Å². The molecule has 0 bridgehead atoms. The molecule has 0 aliphatic carbocycles. The van der Waals surface area contributed by atoms with Crippen LogP contribution < -0.4 is 10.6 Å². The molecule has 4 nitrogen and oxygen atoms in total. The lowest BCUT2D eigenvalue weighted by Gasteiger charge is -2.30. The molecule has 5 heteroatoms. The van der Waals surface area contributed by atoms with E-state index in [0.717, 1.165) is 37.8 Å². The van der Waals surface area contributed by atoms with Gasteiger partial charge in [-0.15, -0.1) is 0 Å². The second-order valence-electron chi connectivity index (χ2n) is 4.95. The van der Waals surface area contributed by atoms with Crippen LogP contribution in [0.15, 0.2) is 0 Å². The first-order valence-electron chi connectivity index (χ1n) is 6.75. The Morgan fingerprint density at radius 3 is 2.17 bits per heavy atom. The van der Waals surface area contributed by atoms with E-state index in [1.165, 1.54) is 0 Å². The van der Waals surface area contributed by atoms with Gasteiger partial charge >= 0.3 is 0 Å². The second kappa shape index (κ2) is 10.5. The average Bonchev–Trinajstić information content (AvgIpc) is 2.29. The van der Waals surface area contributed by atoms with Crippen molar-refractivity contribution in [1.82, 2.24) is 15.5 Å². The van der Waals surface area contributed by atoms with E-state index in [9.17, 15) is 0 Å². The number of thiocarbonyl (C=S) groups is 1. The highest BCUT2D eigenvalue weighted by molar-refractivity contribution is 7.80. The summed E-state index contributed by atoms with van der Waals surface area (Å²) in [5, 5.41) is 7.14. The third kappa shape index (κ3) is 8.66.